The van der Waals surface area contributed by atoms with Crippen molar-refractivity contribution in [2.45, 2.75) is 33.7 Å². The summed E-state index contributed by atoms with van der Waals surface area (Å²) in [5.41, 5.74) is 0. The Balaban J connectivity index is 3.55. The Morgan fingerprint density at radius 3 is 2.38 bits per heavy atom. The quantitative estimate of drug-likeness (QED) is 0.623. The van der Waals surface area contributed by atoms with Crippen molar-refractivity contribution in [3.05, 3.63) is 0 Å². The predicted molar refractivity (Wildman–Crippen MR) is 67.4 cm³/mol. The number of sulfone groups is 1. The standard InChI is InChI=1S/C11H25NO3S/c1-5-16(13,14)9-11(4)12-6-7-15-8-10(2)3/h10-12H,5-9H2,1-4H3. The first-order chi connectivity index (χ1) is 7.37. The first-order valence-corrected chi connectivity index (χ1v) is 7.71. The van der Waals surface area contributed by atoms with Gasteiger partial charge < -0.3 is 10.1 Å². The SMILES string of the molecule is CCS(=O)(=O)CC(C)NCCOCC(C)C. The maximum atomic E-state index is 11.3. The van der Waals surface area contributed by atoms with E-state index >= 15 is 0 Å². The Bertz CT molecular complexity index is 262. The number of hydrogen-bond donors (Lipinski definition) is 1. The van der Waals surface area contributed by atoms with Crippen LogP contribution in [-0.2, 0) is 14.6 Å². The molecule has 0 aliphatic heterocycles. The largest absolute Gasteiger partial charge is 0.380 e. The molecule has 0 saturated heterocycles. The highest BCUT2D eigenvalue weighted by Gasteiger charge is 2.12. The van der Waals surface area contributed by atoms with Crippen LogP contribution in [0.4, 0.5) is 0 Å². The van der Waals surface area contributed by atoms with Crippen molar-refractivity contribution in [1.82, 2.24) is 5.32 Å². The summed E-state index contributed by atoms with van der Waals surface area (Å²) in [6, 6.07) is -0.00685. The van der Waals surface area contributed by atoms with Crippen LogP contribution in [0.1, 0.15) is 27.7 Å². The van der Waals surface area contributed by atoms with Gasteiger partial charge in [0.05, 0.1) is 12.4 Å². The predicted octanol–water partition coefficient (Wildman–Crippen LogP) is 1.07. The molecule has 98 valence electrons. The van der Waals surface area contributed by atoms with Crippen LogP contribution in [-0.4, -0.2) is 45.7 Å². The molecule has 0 amide bonds. The third kappa shape index (κ3) is 9.12. The lowest BCUT2D eigenvalue weighted by molar-refractivity contribution is 0.111. The van der Waals surface area contributed by atoms with Crippen LogP contribution in [0.2, 0.25) is 0 Å². The Kier molecular flexibility index (Phi) is 7.97. The molecule has 0 aliphatic carbocycles. The van der Waals surface area contributed by atoms with Gasteiger partial charge in [-0.15, -0.1) is 0 Å². The summed E-state index contributed by atoms with van der Waals surface area (Å²) in [5.74, 6) is 0.953. The average molecular weight is 251 g/mol. The molecule has 0 spiro atoms. The minimum Gasteiger partial charge on any atom is -0.380 e. The second-order valence-electron chi connectivity index (χ2n) is 4.52. The van der Waals surface area contributed by atoms with Crippen molar-refractivity contribution in [1.29, 1.82) is 0 Å². The fourth-order valence-electron chi connectivity index (χ4n) is 1.25. The maximum Gasteiger partial charge on any atom is 0.151 e. The van der Waals surface area contributed by atoms with Gasteiger partial charge in [-0.25, -0.2) is 8.42 Å². The number of hydrogen-bond acceptors (Lipinski definition) is 4. The monoisotopic (exact) mass is 251 g/mol. The molecule has 0 aromatic carbocycles. The van der Waals surface area contributed by atoms with Crippen LogP contribution >= 0.6 is 0 Å². The molecule has 0 aromatic heterocycles. The molecule has 16 heavy (non-hydrogen) atoms. The second kappa shape index (κ2) is 8.03. The van der Waals surface area contributed by atoms with Crippen LogP contribution in [0.5, 0.6) is 0 Å². The molecule has 0 radical (unpaired) electrons. The Morgan fingerprint density at radius 2 is 1.88 bits per heavy atom. The molecule has 0 saturated carbocycles. The normalized spacial score (nSPS) is 14.3. The summed E-state index contributed by atoms with van der Waals surface area (Å²) >= 11 is 0. The number of rotatable bonds is 9. The van der Waals surface area contributed by atoms with Gasteiger partial charge in [0.15, 0.2) is 9.84 Å². The fourth-order valence-corrected chi connectivity index (χ4v) is 2.37. The van der Waals surface area contributed by atoms with Crippen molar-refractivity contribution >= 4 is 9.84 Å². The van der Waals surface area contributed by atoms with Gasteiger partial charge in [-0.05, 0) is 12.8 Å². The van der Waals surface area contributed by atoms with E-state index < -0.39 is 9.84 Å². The summed E-state index contributed by atoms with van der Waals surface area (Å²) in [7, 11) is -2.88. The summed E-state index contributed by atoms with van der Waals surface area (Å²) in [6.45, 7) is 9.85. The zero-order chi connectivity index (χ0) is 12.6. The minimum atomic E-state index is -2.88. The van der Waals surface area contributed by atoms with Gasteiger partial charge in [-0.1, -0.05) is 20.8 Å². The summed E-state index contributed by atoms with van der Waals surface area (Å²) in [6.07, 6.45) is 0. The van der Waals surface area contributed by atoms with Crippen LogP contribution in [0.3, 0.4) is 0 Å². The molecule has 5 heteroatoms. The maximum absolute atomic E-state index is 11.3. The smallest absolute Gasteiger partial charge is 0.151 e. The van der Waals surface area contributed by atoms with E-state index in [-0.39, 0.29) is 17.5 Å². The van der Waals surface area contributed by atoms with E-state index in [0.29, 0.717) is 19.1 Å². The zero-order valence-corrected chi connectivity index (χ0v) is 11.6. The molecule has 0 rings (SSSR count). The minimum absolute atomic E-state index is 0.00685. The molecular formula is C11H25NO3S. The summed E-state index contributed by atoms with van der Waals surface area (Å²) in [5, 5.41) is 3.14. The van der Waals surface area contributed by atoms with Crippen LogP contribution < -0.4 is 5.32 Å². The van der Waals surface area contributed by atoms with E-state index in [2.05, 4.69) is 19.2 Å². The van der Waals surface area contributed by atoms with Gasteiger partial charge in [-0.3, -0.25) is 0 Å². The Hall–Kier alpha value is -0.130. The van der Waals surface area contributed by atoms with E-state index in [0.717, 1.165) is 6.61 Å². The Labute approximate surface area is 99.7 Å². The lowest BCUT2D eigenvalue weighted by Crippen LogP contribution is -2.35. The van der Waals surface area contributed by atoms with Crippen LogP contribution in [0, 0.1) is 5.92 Å². The van der Waals surface area contributed by atoms with Gasteiger partial charge in [0, 0.05) is 24.9 Å². The lowest BCUT2D eigenvalue weighted by atomic mass is 10.2. The van der Waals surface area contributed by atoms with E-state index in [9.17, 15) is 8.42 Å². The molecule has 1 unspecified atom stereocenters. The van der Waals surface area contributed by atoms with Gasteiger partial charge in [0.1, 0.15) is 0 Å². The van der Waals surface area contributed by atoms with Crippen LogP contribution in [0.25, 0.3) is 0 Å². The van der Waals surface area contributed by atoms with Gasteiger partial charge in [-0.2, -0.15) is 0 Å². The van der Waals surface area contributed by atoms with Crippen molar-refractivity contribution in [2.75, 3.05) is 31.3 Å². The topological polar surface area (TPSA) is 55.4 Å². The Morgan fingerprint density at radius 1 is 1.25 bits per heavy atom. The fraction of sp³-hybridized carbons (Fsp3) is 1.00. The van der Waals surface area contributed by atoms with Gasteiger partial charge in [0.2, 0.25) is 0 Å². The second-order valence-corrected chi connectivity index (χ2v) is 6.92. The highest BCUT2D eigenvalue weighted by molar-refractivity contribution is 7.91. The molecule has 1 N–H and O–H groups in total. The average Bonchev–Trinajstić information content (AvgIpc) is 2.16. The lowest BCUT2D eigenvalue weighted by Gasteiger charge is -2.14. The van der Waals surface area contributed by atoms with Crippen LogP contribution in [0.15, 0.2) is 0 Å². The van der Waals surface area contributed by atoms with Gasteiger partial charge >= 0.3 is 0 Å². The van der Waals surface area contributed by atoms with Gasteiger partial charge in [0.25, 0.3) is 0 Å². The highest BCUT2D eigenvalue weighted by atomic mass is 32.2. The zero-order valence-electron chi connectivity index (χ0n) is 10.8. The molecule has 4 nitrogen and oxygen atoms in total. The van der Waals surface area contributed by atoms with E-state index in [4.69, 9.17) is 4.74 Å². The van der Waals surface area contributed by atoms with E-state index in [1.54, 1.807) is 6.92 Å². The molecule has 0 fully saturated rings. The first-order valence-electron chi connectivity index (χ1n) is 5.89. The van der Waals surface area contributed by atoms with Crippen molar-refractivity contribution in [2.24, 2.45) is 5.92 Å². The number of nitrogens with one attached hydrogen (secondary N) is 1. The summed E-state index contributed by atoms with van der Waals surface area (Å²) < 4.78 is 28.0. The third-order valence-corrected chi connectivity index (χ3v) is 4.02. The molecular weight excluding hydrogens is 226 g/mol. The molecule has 0 heterocycles. The van der Waals surface area contributed by atoms with Crippen molar-refractivity contribution in [3.63, 3.8) is 0 Å². The van der Waals surface area contributed by atoms with Crippen molar-refractivity contribution in [3.8, 4) is 0 Å². The summed E-state index contributed by atoms with van der Waals surface area (Å²) in [4.78, 5) is 0. The highest BCUT2D eigenvalue weighted by Crippen LogP contribution is 1.94. The third-order valence-electron chi connectivity index (χ3n) is 2.13. The number of ether oxygens (including phenoxy) is 1. The first kappa shape index (κ1) is 15.9. The molecule has 0 aromatic rings. The molecule has 0 aliphatic rings. The van der Waals surface area contributed by atoms with E-state index in [1.807, 2.05) is 6.92 Å². The molecule has 0 bridgehead atoms. The van der Waals surface area contributed by atoms with E-state index in [1.165, 1.54) is 0 Å². The van der Waals surface area contributed by atoms with Crippen molar-refractivity contribution < 1.29 is 13.2 Å². The molecule has 1 atom stereocenters.